The Bertz CT molecular complexity index is 345. The van der Waals surface area contributed by atoms with Crippen molar-refractivity contribution >= 4 is 11.9 Å². The van der Waals surface area contributed by atoms with E-state index in [1.54, 1.807) is 16.7 Å². The summed E-state index contributed by atoms with van der Waals surface area (Å²) in [5, 5.41) is 3.11. The minimum absolute atomic E-state index is 0.0183. The molecule has 1 aliphatic heterocycles. The van der Waals surface area contributed by atoms with Crippen LogP contribution in [0.3, 0.4) is 0 Å². The number of hydrogen-bond acceptors (Lipinski definition) is 3. The Kier molecular flexibility index (Phi) is 5.23. The van der Waals surface area contributed by atoms with E-state index < -0.39 is 6.04 Å². The van der Waals surface area contributed by atoms with Crippen LogP contribution in [0.2, 0.25) is 0 Å². The first-order chi connectivity index (χ1) is 9.58. The number of amides is 3. The Labute approximate surface area is 120 Å². The third-order valence-electron chi connectivity index (χ3n) is 4.20. The van der Waals surface area contributed by atoms with Crippen LogP contribution >= 0.6 is 0 Å². The Morgan fingerprint density at radius 1 is 1.05 bits per heavy atom. The molecule has 2 rings (SSSR count). The minimum atomic E-state index is -0.461. The lowest BCUT2D eigenvalue weighted by Crippen LogP contribution is -2.56. The number of hydrogen-bond donors (Lipinski definition) is 2. The van der Waals surface area contributed by atoms with Crippen molar-refractivity contribution in [2.24, 2.45) is 5.73 Å². The molecular weight excluding hydrogens is 256 g/mol. The molecule has 1 aliphatic carbocycles. The normalized spacial score (nSPS) is 22.5. The summed E-state index contributed by atoms with van der Waals surface area (Å²) in [6.45, 7) is 4.05. The first-order valence-electron chi connectivity index (χ1n) is 7.67. The second-order valence-corrected chi connectivity index (χ2v) is 5.89. The van der Waals surface area contributed by atoms with Crippen LogP contribution in [-0.4, -0.2) is 60.0 Å². The van der Waals surface area contributed by atoms with E-state index in [1.807, 2.05) is 0 Å². The molecule has 0 bridgehead atoms. The molecule has 0 aromatic rings. The van der Waals surface area contributed by atoms with E-state index in [9.17, 15) is 9.59 Å². The Hall–Kier alpha value is -1.30. The van der Waals surface area contributed by atoms with Gasteiger partial charge in [0.05, 0.1) is 6.04 Å². The molecule has 114 valence electrons. The van der Waals surface area contributed by atoms with Crippen LogP contribution in [0.5, 0.6) is 0 Å². The zero-order valence-corrected chi connectivity index (χ0v) is 12.3. The van der Waals surface area contributed by atoms with Gasteiger partial charge in [0.15, 0.2) is 0 Å². The van der Waals surface area contributed by atoms with Gasteiger partial charge in [-0.2, -0.15) is 0 Å². The lowest BCUT2D eigenvalue weighted by Gasteiger charge is -2.36. The molecule has 3 amide bonds. The number of carbonyl (C=O) groups is 2. The SMILES string of the molecule is C[C@H](N)C(=O)N1CCN(C(=O)NC2CCCCC2)CC1. The zero-order valence-electron chi connectivity index (χ0n) is 12.3. The van der Waals surface area contributed by atoms with Gasteiger partial charge in [0.2, 0.25) is 5.91 Å². The fraction of sp³-hybridized carbons (Fsp3) is 0.857. The van der Waals surface area contributed by atoms with Crippen LogP contribution in [0, 0.1) is 0 Å². The molecular formula is C14H26N4O2. The van der Waals surface area contributed by atoms with Crippen molar-refractivity contribution in [3.63, 3.8) is 0 Å². The summed E-state index contributed by atoms with van der Waals surface area (Å²) < 4.78 is 0. The maximum absolute atomic E-state index is 12.2. The minimum Gasteiger partial charge on any atom is -0.338 e. The van der Waals surface area contributed by atoms with Gasteiger partial charge in [-0.1, -0.05) is 19.3 Å². The van der Waals surface area contributed by atoms with Gasteiger partial charge >= 0.3 is 6.03 Å². The summed E-state index contributed by atoms with van der Waals surface area (Å²) in [7, 11) is 0. The predicted molar refractivity (Wildman–Crippen MR) is 77.2 cm³/mol. The highest BCUT2D eigenvalue weighted by Crippen LogP contribution is 2.17. The van der Waals surface area contributed by atoms with Gasteiger partial charge in [-0.05, 0) is 19.8 Å². The maximum atomic E-state index is 12.2. The Morgan fingerprint density at radius 3 is 2.15 bits per heavy atom. The molecule has 20 heavy (non-hydrogen) atoms. The molecule has 2 aliphatic rings. The second-order valence-electron chi connectivity index (χ2n) is 5.89. The molecule has 6 heteroatoms. The van der Waals surface area contributed by atoms with Crippen molar-refractivity contribution in [1.82, 2.24) is 15.1 Å². The van der Waals surface area contributed by atoms with Gasteiger partial charge < -0.3 is 20.9 Å². The summed E-state index contributed by atoms with van der Waals surface area (Å²) >= 11 is 0. The fourth-order valence-electron chi connectivity index (χ4n) is 2.93. The van der Waals surface area contributed by atoms with Crippen molar-refractivity contribution in [3.8, 4) is 0 Å². The number of nitrogens with one attached hydrogen (secondary N) is 1. The average molecular weight is 282 g/mol. The number of nitrogens with zero attached hydrogens (tertiary/aromatic N) is 2. The summed E-state index contributed by atoms with van der Waals surface area (Å²) in [6, 6.07) is -0.109. The van der Waals surface area contributed by atoms with Gasteiger partial charge in [-0.25, -0.2) is 4.79 Å². The third-order valence-corrected chi connectivity index (χ3v) is 4.20. The quantitative estimate of drug-likeness (QED) is 0.775. The van der Waals surface area contributed by atoms with Crippen molar-refractivity contribution in [3.05, 3.63) is 0 Å². The van der Waals surface area contributed by atoms with Gasteiger partial charge in [-0.15, -0.1) is 0 Å². The molecule has 0 unspecified atom stereocenters. The maximum Gasteiger partial charge on any atom is 0.317 e. The lowest BCUT2D eigenvalue weighted by atomic mass is 9.96. The van der Waals surface area contributed by atoms with E-state index in [0.29, 0.717) is 32.2 Å². The standard InChI is InChI=1S/C14H26N4O2/c1-11(15)13(19)17-7-9-18(10-8-17)14(20)16-12-5-3-2-4-6-12/h11-12H,2-10,15H2,1H3,(H,16,20)/t11-/m0/s1. The van der Waals surface area contributed by atoms with Gasteiger partial charge in [0.25, 0.3) is 0 Å². The van der Waals surface area contributed by atoms with Crippen molar-refractivity contribution in [2.75, 3.05) is 26.2 Å². The monoisotopic (exact) mass is 282 g/mol. The number of rotatable bonds is 2. The number of urea groups is 1. The van der Waals surface area contributed by atoms with E-state index >= 15 is 0 Å². The molecule has 1 atom stereocenters. The number of piperazine rings is 1. The van der Waals surface area contributed by atoms with Crippen molar-refractivity contribution in [1.29, 1.82) is 0 Å². The summed E-state index contributed by atoms with van der Waals surface area (Å²) in [4.78, 5) is 27.5. The molecule has 2 fully saturated rings. The average Bonchev–Trinajstić information content (AvgIpc) is 2.47. The Morgan fingerprint density at radius 2 is 1.60 bits per heavy atom. The topological polar surface area (TPSA) is 78.7 Å². The van der Waals surface area contributed by atoms with Crippen LogP contribution in [-0.2, 0) is 4.79 Å². The third kappa shape index (κ3) is 3.85. The fourth-order valence-corrected chi connectivity index (χ4v) is 2.93. The molecule has 0 radical (unpaired) electrons. The van der Waals surface area contributed by atoms with E-state index in [1.165, 1.54) is 19.3 Å². The van der Waals surface area contributed by atoms with Crippen LogP contribution in [0.1, 0.15) is 39.0 Å². The van der Waals surface area contributed by atoms with Gasteiger partial charge in [0.1, 0.15) is 0 Å². The number of nitrogens with two attached hydrogens (primary N) is 1. The lowest BCUT2D eigenvalue weighted by molar-refractivity contribution is -0.133. The molecule has 6 nitrogen and oxygen atoms in total. The van der Waals surface area contributed by atoms with E-state index in [-0.39, 0.29) is 11.9 Å². The zero-order chi connectivity index (χ0) is 14.5. The van der Waals surface area contributed by atoms with E-state index in [4.69, 9.17) is 5.73 Å². The van der Waals surface area contributed by atoms with Gasteiger partial charge in [0, 0.05) is 32.2 Å². The summed E-state index contributed by atoms with van der Waals surface area (Å²) in [5.41, 5.74) is 5.60. The van der Waals surface area contributed by atoms with E-state index in [0.717, 1.165) is 12.8 Å². The molecule has 1 saturated heterocycles. The van der Waals surface area contributed by atoms with Crippen molar-refractivity contribution in [2.45, 2.75) is 51.1 Å². The summed E-state index contributed by atoms with van der Waals surface area (Å²) in [6.07, 6.45) is 5.89. The molecule has 3 N–H and O–H groups in total. The molecule has 1 heterocycles. The highest BCUT2D eigenvalue weighted by molar-refractivity contribution is 5.81. The van der Waals surface area contributed by atoms with Crippen LogP contribution in [0.25, 0.3) is 0 Å². The molecule has 0 aromatic carbocycles. The van der Waals surface area contributed by atoms with Crippen molar-refractivity contribution < 1.29 is 9.59 Å². The van der Waals surface area contributed by atoms with Crippen LogP contribution in [0.15, 0.2) is 0 Å². The summed E-state index contributed by atoms with van der Waals surface area (Å²) in [5.74, 6) is -0.0302. The van der Waals surface area contributed by atoms with E-state index in [2.05, 4.69) is 5.32 Å². The first-order valence-corrected chi connectivity index (χ1v) is 7.67. The number of carbonyl (C=O) groups excluding carboxylic acids is 2. The smallest absolute Gasteiger partial charge is 0.317 e. The van der Waals surface area contributed by atoms with Crippen LogP contribution < -0.4 is 11.1 Å². The predicted octanol–water partition coefficient (Wildman–Crippen LogP) is 0.520. The first kappa shape index (κ1) is 15.1. The molecule has 0 aromatic heterocycles. The van der Waals surface area contributed by atoms with Crippen LogP contribution in [0.4, 0.5) is 4.79 Å². The highest BCUT2D eigenvalue weighted by atomic mass is 16.2. The molecule has 0 spiro atoms. The highest BCUT2D eigenvalue weighted by Gasteiger charge is 2.26. The largest absolute Gasteiger partial charge is 0.338 e. The second kappa shape index (κ2) is 6.92. The molecule has 1 saturated carbocycles. The van der Waals surface area contributed by atoms with Gasteiger partial charge in [-0.3, -0.25) is 4.79 Å². The Balaban J connectivity index is 1.75.